The Morgan fingerprint density at radius 1 is 0.967 bits per heavy atom. The first kappa shape index (κ1) is 21.2. The predicted octanol–water partition coefficient (Wildman–Crippen LogP) is 4.29. The fourth-order valence-electron chi connectivity index (χ4n) is 2.81. The van der Waals surface area contributed by atoms with Crippen molar-refractivity contribution >= 4 is 29.2 Å². The molecule has 0 unspecified atom stereocenters. The molecule has 0 spiro atoms. The Labute approximate surface area is 181 Å². The molecule has 3 rings (SSSR count). The zero-order valence-corrected chi connectivity index (χ0v) is 17.0. The van der Waals surface area contributed by atoms with E-state index in [1.54, 1.807) is 30.3 Å². The second-order valence-electron chi connectivity index (χ2n) is 6.49. The first-order valence-electron chi connectivity index (χ1n) is 9.41. The molecule has 3 aromatic rings. The van der Waals surface area contributed by atoms with Gasteiger partial charge in [0.25, 0.3) is 0 Å². The number of hydrogen-bond donors (Lipinski definition) is 3. The SMILES string of the molecule is O=C(/C=C/c1ccccc1)N[C@H](COc1ccc(C(=S)NO)cc1)c1ccccc1. The van der Waals surface area contributed by atoms with Gasteiger partial charge < -0.3 is 10.1 Å². The van der Waals surface area contributed by atoms with Gasteiger partial charge in [-0.25, -0.2) is 0 Å². The standard InChI is InChI=1S/C24H22N2O3S/c27-23(16-11-18-7-3-1-4-8-18)25-22(19-9-5-2-6-10-19)17-29-21-14-12-20(13-15-21)24(30)26-28/h1-16,22,28H,17H2,(H,25,27)(H,26,30)/b16-11+/t22-/m1/s1. The van der Waals surface area contributed by atoms with Gasteiger partial charge >= 0.3 is 0 Å². The van der Waals surface area contributed by atoms with Crippen LogP contribution in [0.2, 0.25) is 0 Å². The van der Waals surface area contributed by atoms with E-state index in [1.807, 2.05) is 66.1 Å². The van der Waals surface area contributed by atoms with E-state index in [0.29, 0.717) is 11.3 Å². The fourth-order valence-corrected chi connectivity index (χ4v) is 2.95. The van der Waals surface area contributed by atoms with Crippen LogP contribution in [0, 0.1) is 0 Å². The van der Waals surface area contributed by atoms with Gasteiger partial charge in [0.15, 0.2) is 0 Å². The zero-order valence-electron chi connectivity index (χ0n) is 16.2. The van der Waals surface area contributed by atoms with E-state index in [1.165, 1.54) is 6.08 Å². The van der Waals surface area contributed by atoms with Gasteiger partial charge in [0, 0.05) is 11.6 Å². The highest BCUT2D eigenvalue weighted by molar-refractivity contribution is 7.80. The van der Waals surface area contributed by atoms with Crippen LogP contribution in [0.1, 0.15) is 22.7 Å². The molecule has 0 bridgehead atoms. The lowest BCUT2D eigenvalue weighted by Gasteiger charge is -2.19. The van der Waals surface area contributed by atoms with Crippen LogP contribution in [0.15, 0.2) is 91.0 Å². The van der Waals surface area contributed by atoms with E-state index in [2.05, 4.69) is 5.32 Å². The molecule has 0 aliphatic heterocycles. The maximum absolute atomic E-state index is 12.5. The van der Waals surface area contributed by atoms with E-state index < -0.39 is 0 Å². The second-order valence-corrected chi connectivity index (χ2v) is 6.90. The highest BCUT2D eigenvalue weighted by atomic mass is 32.1. The Kier molecular flexibility index (Phi) is 7.71. The van der Waals surface area contributed by atoms with E-state index in [-0.39, 0.29) is 23.5 Å². The zero-order chi connectivity index (χ0) is 21.2. The van der Waals surface area contributed by atoms with Gasteiger partial charge in [-0.3, -0.25) is 15.5 Å². The van der Waals surface area contributed by atoms with Crippen molar-refractivity contribution in [3.8, 4) is 5.75 Å². The Morgan fingerprint density at radius 2 is 1.60 bits per heavy atom. The number of carbonyl (C=O) groups excluding carboxylic acids is 1. The number of thiocarbonyl (C=S) groups is 1. The molecule has 0 aliphatic rings. The molecular weight excluding hydrogens is 396 g/mol. The molecule has 0 radical (unpaired) electrons. The molecule has 3 aromatic carbocycles. The summed E-state index contributed by atoms with van der Waals surface area (Å²) >= 11 is 4.99. The number of amides is 1. The minimum atomic E-state index is -0.320. The van der Waals surface area contributed by atoms with E-state index in [4.69, 9.17) is 22.2 Å². The number of hydrogen-bond acceptors (Lipinski definition) is 4. The summed E-state index contributed by atoms with van der Waals surface area (Å²) in [6.45, 7) is 0.261. The van der Waals surface area contributed by atoms with Crippen LogP contribution in [-0.2, 0) is 4.79 Å². The highest BCUT2D eigenvalue weighted by Crippen LogP contribution is 2.18. The van der Waals surface area contributed by atoms with Gasteiger partial charge in [0.1, 0.15) is 17.3 Å². The van der Waals surface area contributed by atoms with E-state index in [0.717, 1.165) is 11.1 Å². The molecule has 152 valence electrons. The number of ether oxygens (including phenoxy) is 1. The molecule has 0 saturated heterocycles. The minimum Gasteiger partial charge on any atom is -0.491 e. The predicted molar refractivity (Wildman–Crippen MR) is 121 cm³/mol. The van der Waals surface area contributed by atoms with Gasteiger partial charge in [0.05, 0.1) is 6.04 Å². The van der Waals surface area contributed by atoms with Crippen LogP contribution in [0.4, 0.5) is 0 Å². The van der Waals surface area contributed by atoms with E-state index in [9.17, 15) is 4.79 Å². The van der Waals surface area contributed by atoms with Crippen molar-refractivity contribution < 1.29 is 14.7 Å². The molecule has 5 nitrogen and oxygen atoms in total. The number of rotatable bonds is 8. The van der Waals surface area contributed by atoms with Crippen LogP contribution in [0.3, 0.4) is 0 Å². The molecule has 3 N–H and O–H groups in total. The Morgan fingerprint density at radius 3 is 2.23 bits per heavy atom. The average Bonchev–Trinajstić information content (AvgIpc) is 2.81. The highest BCUT2D eigenvalue weighted by Gasteiger charge is 2.14. The van der Waals surface area contributed by atoms with Crippen molar-refractivity contribution in [3.05, 3.63) is 108 Å². The molecule has 1 atom stereocenters. The first-order valence-corrected chi connectivity index (χ1v) is 9.82. The molecule has 0 heterocycles. The number of benzene rings is 3. The normalized spacial score (nSPS) is 11.6. The summed E-state index contributed by atoms with van der Waals surface area (Å²) in [4.78, 5) is 12.7. The molecule has 0 aliphatic carbocycles. The van der Waals surface area contributed by atoms with Crippen LogP contribution in [-0.4, -0.2) is 22.7 Å². The summed E-state index contributed by atoms with van der Waals surface area (Å²) in [7, 11) is 0. The summed E-state index contributed by atoms with van der Waals surface area (Å²) in [6.07, 6.45) is 3.29. The molecule has 0 aromatic heterocycles. The lowest BCUT2D eigenvalue weighted by Crippen LogP contribution is -2.31. The monoisotopic (exact) mass is 418 g/mol. The molecule has 1 amide bonds. The largest absolute Gasteiger partial charge is 0.491 e. The van der Waals surface area contributed by atoms with Crippen molar-refractivity contribution in [2.45, 2.75) is 6.04 Å². The van der Waals surface area contributed by atoms with Gasteiger partial charge in [-0.05, 0) is 41.5 Å². The maximum Gasteiger partial charge on any atom is 0.244 e. The van der Waals surface area contributed by atoms with E-state index >= 15 is 0 Å². The minimum absolute atomic E-state index is 0.203. The number of hydroxylamine groups is 1. The average molecular weight is 419 g/mol. The fraction of sp³-hybridized carbons (Fsp3) is 0.0833. The maximum atomic E-state index is 12.5. The number of nitrogens with one attached hydrogen (secondary N) is 2. The Bertz CT molecular complexity index is 990. The molecule has 30 heavy (non-hydrogen) atoms. The first-order chi connectivity index (χ1) is 14.7. The lowest BCUT2D eigenvalue weighted by molar-refractivity contribution is -0.117. The van der Waals surface area contributed by atoms with Crippen LogP contribution < -0.4 is 15.5 Å². The number of carbonyl (C=O) groups is 1. The van der Waals surface area contributed by atoms with Crippen LogP contribution >= 0.6 is 12.2 Å². The molecular formula is C24H22N2O3S. The molecule has 0 saturated carbocycles. The van der Waals surface area contributed by atoms with Crippen LogP contribution in [0.25, 0.3) is 6.08 Å². The topological polar surface area (TPSA) is 70.6 Å². The summed E-state index contributed by atoms with van der Waals surface area (Å²) < 4.78 is 5.89. The molecule has 6 heteroatoms. The third kappa shape index (κ3) is 6.27. The summed E-state index contributed by atoms with van der Waals surface area (Å²) in [6, 6.07) is 26.0. The van der Waals surface area contributed by atoms with Gasteiger partial charge in [-0.2, -0.15) is 0 Å². The summed E-state index contributed by atoms with van der Waals surface area (Å²) in [5, 5.41) is 11.9. The Hall–Kier alpha value is -3.48. The van der Waals surface area contributed by atoms with Crippen molar-refractivity contribution in [3.63, 3.8) is 0 Å². The third-order valence-corrected chi connectivity index (χ3v) is 4.71. The third-order valence-electron chi connectivity index (χ3n) is 4.38. The summed E-state index contributed by atoms with van der Waals surface area (Å²) in [5.74, 6) is 0.431. The second kappa shape index (κ2) is 10.9. The van der Waals surface area contributed by atoms with Crippen molar-refractivity contribution in [2.75, 3.05) is 6.61 Å². The lowest BCUT2D eigenvalue weighted by atomic mass is 10.1. The van der Waals surface area contributed by atoms with Crippen LogP contribution in [0.5, 0.6) is 5.75 Å². The van der Waals surface area contributed by atoms with Crippen molar-refractivity contribution in [1.29, 1.82) is 0 Å². The van der Waals surface area contributed by atoms with Gasteiger partial charge in [0.2, 0.25) is 5.91 Å². The Balaban J connectivity index is 1.66. The van der Waals surface area contributed by atoms with Crippen molar-refractivity contribution in [2.24, 2.45) is 0 Å². The van der Waals surface area contributed by atoms with Crippen molar-refractivity contribution in [1.82, 2.24) is 10.8 Å². The quantitative estimate of drug-likeness (QED) is 0.289. The summed E-state index contributed by atoms with van der Waals surface area (Å²) in [5.41, 5.74) is 4.53. The van der Waals surface area contributed by atoms with Gasteiger partial charge in [-0.15, -0.1) is 0 Å². The van der Waals surface area contributed by atoms with Gasteiger partial charge in [-0.1, -0.05) is 72.9 Å². The smallest absolute Gasteiger partial charge is 0.244 e. The molecule has 0 fully saturated rings.